The van der Waals surface area contributed by atoms with Crippen LogP contribution in [0.4, 0.5) is 14.6 Å². The van der Waals surface area contributed by atoms with Gasteiger partial charge in [-0.25, -0.2) is 9.97 Å². The number of alkyl halides is 2. The molecule has 53 heavy (non-hydrogen) atoms. The molecule has 5 aromatic rings. The van der Waals surface area contributed by atoms with Gasteiger partial charge in [0.05, 0.1) is 17.6 Å². The highest BCUT2D eigenvalue weighted by atomic mass is 32.2. The molecule has 4 heterocycles. The lowest BCUT2D eigenvalue weighted by molar-refractivity contribution is -0.0507. The van der Waals surface area contributed by atoms with Gasteiger partial charge in [-0.05, 0) is 93.1 Å². The smallest absolute Gasteiger partial charge is 0.387 e. The van der Waals surface area contributed by atoms with E-state index >= 15 is 0 Å². The third-order valence-electron chi connectivity index (χ3n) is 9.86. The van der Waals surface area contributed by atoms with E-state index in [1.165, 1.54) is 6.07 Å². The number of carbonyl (C=O) groups is 1. The summed E-state index contributed by atoms with van der Waals surface area (Å²) in [6.07, 6.45) is 9.00. The first-order chi connectivity index (χ1) is 25.6. The molecule has 276 valence electrons. The standard InChI is InChI=1S/C41H44F2N6O3S/c1-5-13-41(14-15-41)53-49-25-27(2)37-32(21-31(22-34(37)49)30-11-12-36(44-23-30)48-18-16-47(4)17-19-48)38(50)45-24-33-35(52-40(42)43)20-28(3)46-39(33)51-26-29-9-7-6-8-10-29/h5-12,20-23,25,40H,1,13-19,24,26H2,2-4H3,(H,45,50). The molecule has 2 aliphatic rings. The Bertz CT molecular complexity index is 2100. The average Bonchev–Trinajstić information content (AvgIpc) is 3.84. The number of likely N-dealkylation sites (N-methyl/N-ethyl adjacent to an activating group) is 1. The van der Waals surface area contributed by atoms with Gasteiger partial charge in [0.1, 0.15) is 18.2 Å². The van der Waals surface area contributed by atoms with Crippen LogP contribution in [0.25, 0.3) is 22.0 Å². The van der Waals surface area contributed by atoms with E-state index in [0.29, 0.717) is 11.3 Å². The zero-order valence-corrected chi connectivity index (χ0v) is 31.1. The number of carbonyl (C=O) groups excluding carboxylic acids is 1. The van der Waals surface area contributed by atoms with Crippen molar-refractivity contribution in [2.45, 2.75) is 57.6 Å². The number of piperazine rings is 1. The number of aromatic nitrogens is 3. The Labute approximate surface area is 313 Å². The number of aryl methyl sites for hydroxylation is 2. The predicted molar refractivity (Wildman–Crippen MR) is 207 cm³/mol. The molecule has 1 aliphatic heterocycles. The fourth-order valence-electron chi connectivity index (χ4n) is 6.78. The van der Waals surface area contributed by atoms with Crippen LogP contribution in [0.5, 0.6) is 11.6 Å². The number of nitrogens with one attached hydrogen (secondary N) is 1. The zero-order chi connectivity index (χ0) is 37.1. The summed E-state index contributed by atoms with van der Waals surface area (Å²) in [6, 6.07) is 19.0. The topological polar surface area (TPSA) is 84.8 Å². The summed E-state index contributed by atoms with van der Waals surface area (Å²) >= 11 is 1.78. The van der Waals surface area contributed by atoms with Gasteiger partial charge in [0, 0.05) is 71.6 Å². The van der Waals surface area contributed by atoms with Gasteiger partial charge in [-0.3, -0.25) is 8.77 Å². The highest BCUT2D eigenvalue weighted by Crippen LogP contribution is 2.53. The minimum Gasteiger partial charge on any atom is -0.472 e. The number of hydrogen-bond acceptors (Lipinski definition) is 8. The van der Waals surface area contributed by atoms with Crippen molar-refractivity contribution in [2.24, 2.45) is 0 Å². The number of nitrogens with zero attached hydrogens (tertiary/aromatic N) is 5. The van der Waals surface area contributed by atoms with Crippen molar-refractivity contribution in [3.63, 3.8) is 0 Å². The van der Waals surface area contributed by atoms with Crippen LogP contribution in [0.1, 0.15) is 52.0 Å². The number of benzene rings is 2. The molecule has 0 bridgehead atoms. The molecule has 3 aromatic heterocycles. The molecule has 0 radical (unpaired) electrons. The Morgan fingerprint density at radius 2 is 1.83 bits per heavy atom. The highest BCUT2D eigenvalue weighted by molar-refractivity contribution is 7.99. The Balaban J connectivity index is 1.23. The normalized spacial score (nSPS) is 15.5. The maximum absolute atomic E-state index is 14.3. The number of rotatable bonds is 14. The second kappa shape index (κ2) is 15.6. The fourth-order valence-corrected chi connectivity index (χ4v) is 8.13. The number of anilines is 1. The van der Waals surface area contributed by atoms with Gasteiger partial charge >= 0.3 is 6.61 Å². The largest absolute Gasteiger partial charge is 0.472 e. The van der Waals surface area contributed by atoms with Gasteiger partial charge in [0.15, 0.2) is 0 Å². The molecule has 0 atom stereocenters. The zero-order valence-electron chi connectivity index (χ0n) is 30.3. The molecule has 2 fully saturated rings. The molecule has 1 N–H and O–H groups in total. The molecule has 12 heteroatoms. The quantitative estimate of drug-likeness (QED) is 0.114. The van der Waals surface area contributed by atoms with Crippen molar-refractivity contribution in [2.75, 3.05) is 38.1 Å². The molecule has 0 unspecified atom stereocenters. The SMILES string of the molecule is C=CCC1(Sn2cc(C)c3c(C(=O)NCc4c(OC(F)F)cc(C)nc4OCc4ccccc4)cc(-c4ccc(N5CCN(C)CC5)nc4)cc32)CC1. The molecular formula is C41H44F2N6O3S. The van der Waals surface area contributed by atoms with Gasteiger partial charge in [0.25, 0.3) is 5.91 Å². The van der Waals surface area contributed by atoms with Crippen LogP contribution in [0.3, 0.4) is 0 Å². The van der Waals surface area contributed by atoms with Crippen LogP contribution in [-0.2, 0) is 13.2 Å². The van der Waals surface area contributed by atoms with Crippen LogP contribution in [0.2, 0.25) is 0 Å². The van der Waals surface area contributed by atoms with Crippen LogP contribution < -0.4 is 19.7 Å². The molecule has 1 amide bonds. The van der Waals surface area contributed by atoms with E-state index in [4.69, 9.17) is 14.5 Å². The number of ether oxygens (including phenoxy) is 2. The van der Waals surface area contributed by atoms with E-state index in [-0.39, 0.29) is 41.0 Å². The van der Waals surface area contributed by atoms with E-state index in [1.54, 1.807) is 18.9 Å². The van der Waals surface area contributed by atoms with Crippen molar-refractivity contribution in [3.8, 4) is 22.8 Å². The van der Waals surface area contributed by atoms with Crippen molar-refractivity contribution < 1.29 is 23.0 Å². The molecule has 1 saturated carbocycles. The number of hydrogen-bond donors (Lipinski definition) is 1. The van der Waals surface area contributed by atoms with Gasteiger partial charge in [-0.15, -0.1) is 6.58 Å². The Kier molecular flexibility index (Phi) is 10.7. The second-order valence-corrected chi connectivity index (χ2v) is 15.3. The summed E-state index contributed by atoms with van der Waals surface area (Å²) in [5.41, 5.74) is 5.61. The number of halogens is 2. The first-order valence-corrected chi connectivity index (χ1v) is 18.6. The molecule has 1 aliphatic carbocycles. The summed E-state index contributed by atoms with van der Waals surface area (Å²) < 4.78 is 40.5. The average molecular weight is 739 g/mol. The Morgan fingerprint density at radius 3 is 2.51 bits per heavy atom. The van der Waals surface area contributed by atoms with Crippen molar-refractivity contribution >= 4 is 34.6 Å². The summed E-state index contributed by atoms with van der Waals surface area (Å²) in [5.74, 6) is 0.576. The van der Waals surface area contributed by atoms with E-state index in [2.05, 4.69) is 56.0 Å². The summed E-state index contributed by atoms with van der Waals surface area (Å²) in [5, 5.41) is 3.81. The Hall–Kier alpha value is -4.94. The van der Waals surface area contributed by atoms with Gasteiger partial charge in [-0.2, -0.15) is 8.78 Å². The van der Waals surface area contributed by atoms with E-state index in [1.807, 2.05) is 61.7 Å². The van der Waals surface area contributed by atoms with E-state index in [9.17, 15) is 13.6 Å². The molecule has 7 rings (SSSR count). The predicted octanol–water partition coefficient (Wildman–Crippen LogP) is 8.18. The summed E-state index contributed by atoms with van der Waals surface area (Å²) in [7, 11) is 2.13. The fraction of sp³-hybridized carbons (Fsp3) is 0.341. The van der Waals surface area contributed by atoms with Crippen LogP contribution in [0, 0.1) is 13.8 Å². The second-order valence-electron chi connectivity index (χ2n) is 13.9. The molecule has 9 nitrogen and oxygen atoms in total. The van der Waals surface area contributed by atoms with E-state index in [0.717, 1.165) is 84.4 Å². The summed E-state index contributed by atoms with van der Waals surface area (Å²) in [4.78, 5) is 28.3. The lowest BCUT2D eigenvalue weighted by Gasteiger charge is -2.33. The number of pyridine rings is 2. The minimum absolute atomic E-state index is 0.0833. The first-order valence-electron chi connectivity index (χ1n) is 17.9. The highest BCUT2D eigenvalue weighted by Gasteiger charge is 2.43. The molecule has 2 aromatic carbocycles. The van der Waals surface area contributed by atoms with Gasteiger partial charge in [0.2, 0.25) is 5.88 Å². The van der Waals surface area contributed by atoms with Gasteiger partial charge < -0.3 is 24.6 Å². The number of amides is 1. The number of allylic oxidation sites excluding steroid dienone is 1. The van der Waals surface area contributed by atoms with Crippen molar-refractivity contribution in [3.05, 3.63) is 114 Å². The van der Waals surface area contributed by atoms with Crippen LogP contribution >= 0.6 is 11.9 Å². The molecule has 1 saturated heterocycles. The third-order valence-corrected chi connectivity index (χ3v) is 11.3. The molecule has 0 spiro atoms. The Morgan fingerprint density at radius 1 is 1.06 bits per heavy atom. The maximum atomic E-state index is 14.3. The van der Waals surface area contributed by atoms with Gasteiger partial charge in [-0.1, -0.05) is 36.4 Å². The summed E-state index contributed by atoms with van der Waals surface area (Å²) in [6.45, 7) is 8.39. The first kappa shape index (κ1) is 36.4. The van der Waals surface area contributed by atoms with E-state index < -0.39 is 6.61 Å². The van der Waals surface area contributed by atoms with Crippen molar-refractivity contribution in [1.29, 1.82) is 0 Å². The monoisotopic (exact) mass is 738 g/mol. The minimum atomic E-state index is -3.07. The van der Waals surface area contributed by atoms with Crippen LogP contribution in [0.15, 0.2) is 85.7 Å². The van der Waals surface area contributed by atoms with Crippen molar-refractivity contribution in [1.82, 2.24) is 24.2 Å². The third kappa shape index (κ3) is 8.34. The molecular weight excluding hydrogens is 695 g/mol. The maximum Gasteiger partial charge on any atom is 0.387 e. The number of fused-ring (bicyclic) bond motifs is 1. The lowest BCUT2D eigenvalue weighted by Crippen LogP contribution is -2.44. The lowest BCUT2D eigenvalue weighted by atomic mass is 9.99. The van der Waals surface area contributed by atoms with Crippen LogP contribution in [-0.4, -0.2) is 69.3 Å².